The third-order valence-corrected chi connectivity index (χ3v) is 1.26. The van der Waals surface area contributed by atoms with Gasteiger partial charge < -0.3 is 4.74 Å². The predicted octanol–water partition coefficient (Wildman–Crippen LogP) is 2.68. The van der Waals surface area contributed by atoms with E-state index < -0.39 is 0 Å². The first-order chi connectivity index (χ1) is 4.22. The first-order valence-corrected chi connectivity index (χ1v) is 3.19. The van der Waals surface area contributed by atoms with E-state index in [1.54, 1.807) is 7.11 Å². The second kappa shape index (κ2) is 4.45. The van der Waals surface area contributed by atoms with Gasteiger partial charge in [0.1, 0.15) is 5.76 Å². The van der Waals surface area contributed by atoms with Crippen molar-refractivity contribution in [3.63, 3.8) is 0 Å². The molecule has 0 aliphatic rings. The van der Waals surface area contributed by atoms with Crippen molar-refractivity contribution >= 4 is 11.6 Å². The zero-order chi connectivity index (χ0) is 7.28. The van der Waals surface area contributed by atoms with Gasteiger partial charge in [-0.05, 0) is 6.42 Å². The second-order valence-electron chi connectivity index (χ2n) is 1.59. The van der Waals surface area contributed by atoms with Crippen LogP contribution in [-0.4, -0.2) is 7.11 Å². The Kier molecular flexibility index (Phi) is 4.24. The second-order valence-corrected chi connectivity index (χ2v) is 1.99. The molecule has 0 aliphatic heterocycles. The maximum absolute atomic E-state index is 5.67. The maximum Gasteiger partial charge on any atom is 0.129 e. The van der Waals surface area contributed by atoms with Crippen molar-refractivity contribution < 1.29 is 4.74 Å². The van der Waals surface area contributed by atoms with Gasteiger partial charge in [-0.25, -0.2) is 0 Å². The van der Waals surface area contributed by atoms with Gasteiger partial charge in [0, 0.05) is 0 Å². The molecule has 0 heterocycles. The lowest BCUT2D eigenvalue weighted by atomic mass is 10.4. The summed E-state index contributed by atoms with van der Waals surface area (Å²) in [5.74, 6) is 0.526. The SMILES string of the molecule is C=C(OC)/C(Cl)=C/CC. The third kappa shape index (κ3) is 3.20. The Hall–Kier alpha value is -0.430. The van der Waals surface area contributed by atoms with Gasteiger partial charge in [0.2, 0.25) is 0 Å². The van der Waals surface area contributed by atoms with Crippen molar-refractivity contribution in [1.29, 1.82) is 0 Å². The van der Waals surface area contributed by atoms with Crippen molar-refractivity contribution in [3.8, 4) is 0 Å². The van der Waals surface area contributed by atoms with E-state index in [-0.39, 0.29) is 0 Å². The van der Waals surface area contributed by atoms with Gasteiger partial charge in [-0.3, -0.25) is 0 Å². The largest absolute Gasteiger partial charge is 0.496 e. The molecule has 0 rings (SSSR count). The lowest BCUT2D eigenvalue weighted by Gasteiger charge is -1.99. The minimum Gasteiger partial charge on any atom is -0.496 e. The fraction of sp³-hybridized carbons (Fsp3) is 0.429. The Labute approximate surface area is 61.0 Å². The van der Waals surface area contributed by atoms with Crippen LogP contribution < -0.4 is 0 Å². The zero-order valence-corrected chi connectivity index (χ0v) is 6.53. The first-order valence-electron chi connectivity index (χ1n) is 2.81. The molecule has 0 aromatic heterocycles. The summed E-state index contributed by atoms with van der Waals surface area (Å²) in [6.45, 7) is 5.57. The van der Waals surface area contributed by atoms with Crippen LogP contribution in [-0.2, 0) is 4.74 Å². The fourth-order valence-corrected chi connectivity index (χ4v) is 0.622. The zero-order valence-electron chi connectivity index (χ0n) is 5.78. The Morgan fingerprint density at radius 2 is 2.33 bits per heavy atom. The highest BCUT2D eigenvalue weighted by Crippen LogP contribution is 2.12. The number of rotatable bonds is 3. The van der Waals surface area contributed by atoms with E-state index >= 15 is 0 Å². The van der Waals surface area contributed by atoms with Crippen molar-refractivity contribution in [2.75, 3.05) is 7.11 Å². The number of allylic oxidation sites excluding steroid dienone is 2. The average molecular weight is 147 g/mol. The van der Waals surface area contributed by atoms with Crippen LogP contribution in [0.3, 0.4) is 0 Å². The van der Waals surface area contributed by atoms with E-state index in [2.05, 4.69) is 6.58 Å². The summed E-state index contributed by atoms with van der Waals surface area (Å²) in [4.78, 5) is 0. The van der Waals surface area contributed by atoms with E-state index in [0.29, 0.717) is 10.8 Å². The molecule has 0 radical (unpaired) electrons. The van der Waals surface area contributed by atoms with Crippen LogP contribution in [0.2, 0.25) is 0 Å². The first kappa shape index (κ1) is 8.57. The molecule has 0 unspecified atom stereocenters. The van der Waals surface area contributed by atoms with Gasteiger partial charge in [-0.2, -0.15) is 0 Å². The molecular weight excluding hydrogens is 136 g/mol. The summed E-state index contributed by atoms with van der Waals surface area (Å²) >= 11 is 5.67. The van der Waals surface area contributed by atoms with Gasteiger partial charge in [-0.1, -0.05) is 31.2 Å². The smallest absolute Gasteiger partial charge is 0.129 e. The topological polar surface area (TPSA) is 9.23 Å². The van der Waals surface area contributed by atoms with Crippen LogP contribution in [0.5, 0.6) is 0 Å². The molecule has 0 spiro atoms. The average Bonchev–Trinajstić information content (AvgIpc) is 1.87. The van der Waals surface area contributed by atoms with Gasteiger partial charge in [0.15, 0.2) is 0 Å². The van der Waals surface area contributed by atoms with Crippen molar-refractivity contribution in [2.45, 2.75) is 13.3 Å². The molecule has 0 atom stereocenters. The van der Waals surface area contributed by atoms with E-state index in [9.17, 15) is 0 Å². The molecule has 0 aromatic rings. The van der Waals surface area contributed by atoms with Crippen molar-refractivity contribution in [3.05, 3.63) is 23.4 Å². The van der Waals surface area contributed by atoms with E-state index in [4.69, 9.17) is 16.3 Å². The minimum atomic E-state index is 0.526. The Balaban J connectivity index is 3.86. The molecular formula is C7H11ClO. The molecule has 9 heavy (non-hydrogen) atoms. The quantitative estimate of drug-likeness (QED) is 0.440. The third-order valence-electron chi connectivity index (χ3n) is 0.896. The summed E-state index contributed by atoms with van der Waals surface area (Å²) < 4.78 is 4.77. The van der Waals surface area contributed by atoms with Crippen molar-refractivity contribution in [2.24, 2.45) is 0 Å². The fourth-order valence-electron chi connectivity index (χ4n) is 0.391. The molecule has 0 N–H and O–H groups in total. The predicted molar refractivity (Wildman–Crippen MR) is 40.4 cm³/mol. The van der Waals surface area contributed by atoms with Crippen LogP contribution in [0.25, 0.3) is 0 Å². The molecule has 0 fully saturated rings. The summed E-state index contributed by atoms with van der Waals surface area (Å²) in [6, 6.07) is 0. The van der Waals surface area contributed by atoms with Crippen LogP contribution >= 0.6 is 11.6 Å². The van der Waals surface area contributed by atoms with Crippen molar-refractivity contribution in [1.82, 2.24) is 0 Å². The Morgan fingerprint density at radius 1 is 1.78 bits per heavy atom. The highest BCUT2D eigenvalue weighted by atomic mass is 35.5. The van der Waals surface area contributed by atoms with Gasteiger partial charge in [0.05, 0.1) is 12.1 Å². The molecule has 0 saturated heterocycles. The van der Waals surface area contributed by atoms with E-state index in [1.807, 2.05) is 13.0 Å². The lowest BCUT2D eigenvalue weighted by molar-refractivity contribution is 0.306. The number of halogens is 1. The van der Waals surface area contributed by atoms with Crippen LogP contribution in [0, 0.1) is 0 Å². The highest BCUT2D eigenvalue weighted by molar-refractivity contribution is 6.31. The summed E-state index contributed by atoms with van der Waals surface area (Å²) in [7, 11) is 1.55. The van der Waals surface area contributed by atoms with Gasteiger partial charge in [0.25, 0.3) is 0 Å². The molecule has 2 heteroatoms. The normalized spacial score (nSPS) is 11.2. The number of hydrogen-bond donors (Lipinski definition) is 0. The molecule has 1 nitrogen and oxygen atoms in total. The summed E-state index contributed by atoms with van der Waals surface area (Å²) in [5, 5.41) is 0.597. The maximum atomic E-state index is 5.67. The van der Waals surface area contributed by atoms with Crippen LogP contribution in [0.15, 0.2) is 23.4 Å². The van der Waals surface area contributed by atoms with Crippen LogP contribution in [0.4, 0.5) is 0 Å². The van der Waals surface area contributed by atoms with E-state index in [1.165, 1.54) is 0 Å². The molecule has 0 aromatic carbocycles. The molecule has 0 aliphatic carbocycles. The highest BCUT2D eigenvalue weighted by Gasteiger charge is 1.94. The molecule has 0 saturated carbocycles. The standard InChI is InChI=1S/C7H11ClO/c1-4-5-7(8)6(2)9-3/h5H,2,4H2,1,3H3/b7-5-. The van der Waals surface area contributed by atoms with E-state index in [0.717, 1.165) is 6.42 Å². The Morgan fingerprint density at radius 3 is 2.67 bits per heavy atom. The minimum absolute atomic E-state index is 0.526. The molecule has 52 valence electrons. The van der Waals surface area contributed by atoms with Gasteiger partial charge in [-0.15, -0.1) is 0 Å². The lowest BCUT2D eigenvalue weighted by Crippen LogP contribution is -1.82. The Bertz CT molecular complexity index is 127. The van der Waals surface area contributed by atoms with Gasteiger partial charge >= 0.3 is 0 Å². The summed E-state index contributed by atoms with van der Waals surface area (Å²) in [5.41, 5.74) is 0. The number of methoxy groups -OCH3 is 1. The van der Waals surface area contributed by atoms with Crippen LogP contribution in [0.1, 0.15) is 13.3 Å². The summed E-state index contributed by atoms with van der Waals surface area (Å²) in [6.07, 6.45) is 2.76. The number of ether oxygens (including phenoxy) is 1. The number of hydrogen-bond acceptors (Lipinski definition) is 1. The molecule has 0 bridgehead atoms. The molecule has 0 amide bonds. The monoisotopic (exact) mass is 146 g/mol.